The number of alkyl halides is 3. The Balaban J connectivity index is 1.35. The van der Waals surface area contributed by atoms with Crippen molar-refractivity contribution in [3.8, 4) is 16.9 Å². The highest BCUT2D eigenvalue weighted by molar-refractivity contribution is 5.92. The number of ether oxygens (including phenoxy) is 1. The number of nitrogens with zero attached hydrogens (tertiary/aromatic N) is 1. The molecule has 1 atom stereocenters. The van der Waals surface area contributed by atoms with Gasteiger partial charge in [0.05, 0.1) is 0 Å². The molecule has 218 valence electrons. The zero-order chi connectivity index (χ0) is 29.2. The summed E-state index contributed by atoms with van der Waals surface area (Å²) in [6.07, 6.45) is 0.0671. The van der Waals surface area contributed by atoms with E-state index >= 15 is 0 Å². The van der Waals surface area contributed by atoms with Gasteiger partial charge < -0.3 is 15.0 Å². The lowest BCUT2D eigenvalue weighted by atomic mass is 9.67. The number of piperidine rings is 1. The molecule has 2 fully saturated rings. The highest BCUT2D eigenvalue weighted by atomic mass is 19.4. The lowest BCUT2D eigenvalue weighted by molar-refractivity contribution is -0.274. The summed E-state index contributed by atoms with van der Waals surface area (Å²) >= 11 is 0. The predicted octanol–water partition coefficient (Wildman–Crippen LogP) is 7.94. The number of carbonyl (C=O) groups is 1. The minimum absolute atomic E-state index is 0.204. The second-order valence-corrected chi connectivity index (χ2v) is 11.4. The van der Waals surface area contributed by atoms with Crippen LogP contribution in [-0.4, -0.2) is 36.8 Å². The fourth-order valence-corrected chi connectivity index (χ4v) is 5.85. The van der Waals surface area contributed by atoms with E-state index in [1.807, 2.05) is 31.2 Å². The molecule has 1 N–H and O–H groups in total. The average molecular weight is 573 g/mol. The third-order valence-corrected chi connectivity index (χ3v) is 8.26. The molecule has 1 saturated heterocycles. The summed E-state index contributed by atoms with van der Waals surface area (Å²) < 4.78 is 69.2. The quantitative estimate of drug-likeness (QED) is 0.265. The summed E-state index contributed by atoms with van der Waals surface area (Å²) in [4.78, 5) is 15.6. The maximum Gasteiger partial charge on any atom is 0.573 e. The Kier molecular flexibility index (Phi) is 8.36. The van der Waals surface area contributed by atoms with Crippen molar-refractivity contribution in [2.75, 3.05) is 25.0 Å². The molecule has 1 saturated carbocycles. The van der Waals surface area contributed by atoms with Crippen molar-refractivity contribution in [2.45, 2.75) is 50.8 Å². The molecule has 3 aromatic carbocycles. The minimum Gasteiger partial charge on any atom is -0.406 e. The third-order valence-electron chi connectivity index (χ3n) is 8.26. The Morgan fingerprint density at radius 3 is 2.32 bits per heavy atom. The average Bonchev–Trinajstić information content (AvgIpc) is 3.75. The number of rotatable bonds is 9. The number of hydrogen-bond donors (Lipinski definition) is 1. The van der Waals surface area contributed by atoms with Crippen LogP contribution in [0.3, 0.4) is 0 Å². The maximum absolute atomic E-state index is 13.7. The van der Waals surface area contributed by atoms with Gasteiger partial charge in [-0.05, 0) is 97.5 Å². The Hall–Kier alpha value is -3.46. The summed E-state index contributed by atoms with van der Waals surface area (Å²) in [5.74, 6) is -2.18. The van der Waals surface area contributed by atoms with E-state index in [-0.39, 0.29) is 22.8 Å². The molecule has 1 amide bonds. The van der Waals surface area contributed by atoms with Crippen molar-refractivity contribution in [1.82, 2.24) is 4.90 Å². The molecule has 0 bridgehead atoms. The lowest BCUT2D eigenvalue weighted by Crippen LogP contribution is -2.45. The van der Waals surface area contributed by atoms with Crippen LogP contribution in [-0.2, 0) is 10.2 Å². The van der Waals surface area contributed by atoms with Gasteiger partial charge in [-0.15, -0.1) is 13.2 Å². The van der Waals surface area contributed by atoms with Crippen LogP contribution in [0.25, 0.3) is 11.1 Å². The van der Waals surface area contributed by atoms with Crippen molar-refractivity contribution < 1.29 is 31.5 Å². The molecule has 1 heterocycles. The van der Waals surface area contributed by atoms with Crippen molar-refractivity contribution in [3.63, 3.8) is 0 Å². The predicted molar refractivity (Wildman–Crippen MR) is 147 cm³/mol. The number of likely N-dealkylation sites (tertiary alicyclic amines) is 1. The maximum atomic E-state index is 13.7. The molecule has 41 heavy (non-hydrogen) atoms. The molecule has 1 aliphatic heterocycles. The number of halogens is 5. The largest absolute Gasteiger partial charge is 0.573 e. The SMILES string of the molecule is CC(CC1(c2ccc(-c3cccc(OC(F)(F)F)c3)cc2)CCN(CC2CC2)CC1)C(=O)Nc1ccc(F)c(F)c1. The van der Waals surface area contributed by atoms with E-state index in [0.29, 0.717) is 12.0 Å². The summed E-state index contributed by atoms with van der Waals surface area (Å²) in [6, 6.07) is 17.0. The van der Waals surface area contributed by atoms with Gasteiger partial charge in [0.2, 0.25) is 5.91 Å². The van der Waals surface area contributed by atoms with Gasteiger partial charge in [-0.25, -0.2) is 8.78 Å². The van der Waals surface area contributed by atoms with Gasteiger partial charge in [0.1, 0.15) is 5.75 Å². The van der Waals surface area contributed by atoms with Crippen LogP contribution in [0.5, 0.6) is 5.75 Å². The number of carbonyl (C=O) groups excluding carboxylic acids is 1. The Labute approximate surface area is 236 Å². The standard InChI is InChI=1S/C32H33F5N2O2/c1-21(30(40)38-26-11-12-28(33)29(34)18-26)19-31(13-15-39(16-14-31)20-22-5-6-22)25-9-7-23(8-10-25)24-3-2-4-27(17-24)41-32(35,36)37/h2-4,7-12,17-18,21-22H,5-6,13-16,19-20H2,1H3,(H,38,40). The molecule has 3 aromatic rings. The van der Waals surface area contributed by atoms with Crippen molar-refractivity contribution in [2.24, 2.45) is 11.8 Å². The molecular weight excluding hydrogens is 539 g/mol. The summed E-state index contributed by atoms with van der Waals surface area (Å²) in [6.45, 7) is 4.75. The van der Waals surface area contributed by atoms with Crippen LogP contribution in [0, 0.1) is 23.5 Å². The summed E-state index contributed by atoms with van der Waals surface area (Å²) in [5.41, 5.74) is 2.35. The first kappa shape index (κ1) is 29.0. The third kappa shape index (κ3) is 7.44. The van der Waals surface area contributed by atoms with E-state index in [1.165, 1.54) is 37.1 Å². The second kappa shape index (κ2) is 11.8. The molecule has 1 aliphatic carbocycles. The number of nitrogens with one attached hydrogen (secondary N) is 1. The van der Waals surface area contributed by atoms with E-state index in [9.17, 15) is 26.7 Å². The summed E-state index contributed by atoms with van der Waals surface area (Å²) in [5, 5.41) is 2.72. The van der Waals surface area contributed by atoms with Gasteiger partial charge in [-0.1, -0.05) is 43.3 Å². The van der Waals surface area contributed by atoms with E-state index in [1.54, 1.807) is 6.07 Å². The highest BCUT2D eigenvalue weighted by Gasteiger charge is 2.40. The molecule has 2 aliphatic rings. The molecule has 5 rings (SSSR count). The van der Waals surface area contributed by atoms with E-state index in [4.69, 9.17) is 0 Å². The zero-order valence-electron chi connectivity index (χ0n) is 22.8. The second-order valence-electron chi connectivity index (χ2n) is 11.4. The first-order chi connectivity index (χ1) is 19.5. The topological polar surface area (TPSA) is 41.6 Å². The van der Waals surface area contributed by atoms with Crippen LogP contribution >= 0.6 is 0 Å². The number of hydrogen-bond acceptors (Lipinski definition) is 3. The van der Waals surface area contributed by atoms with E-state index in [2.05, 4.69) is 15.0 Å². The fraction of sp³-hybridized carbons (Fsp3) is 0.406. The van der Waals surface area contributed by atoms with Crippen LogP contribution in [0.1, 0.15) is 44.6 Å². The molecule has 0 radical (unpaired) electrons. The van der Waals surface area contributed by atoms with Gasteiger partial charge in [-0.2, -0.15) is 0 Å². The Bertz CT molecular complexity index is 1360. The smallest absolute Gasteiger partial charge is 0.406 e. The number of amides is 1. The first-order valence-electron chi connectivity index (χ1n) is 13.9. The molecular formula is C32H33F5N2O2. The summed E-state index contributed by atoms with van der Waals surface area (Å²) in [7, 11) is 0. The van der Waals surface area contributed by atoms with Crippen molar-refractivity contribution >= 4 is 11.6 Å². The molecule has 1 unspecified atom stereocenters. The van der Waals surface area contributed by atoms with Gasteiger partial charge in [-0.3, -0.25) is 4.79 Å². The van der Waals surface area contributed by atoms with Gasteiger partial charge in [0, 0.05) is 24.2 Å². The fourth-order valence-electron chi connectivity index (χ4n) is 5.85. The number of benzene rings is 3. The Morgan fingerprint density at radius 1 is 0.976 bits per heavy atom. The molecule has 9 heteroatoms. The van der Waals surface area contributed by atoms with E-state index < -0.39 is 23.9 Å². The van der Waals surface area contributed by atoms with Crippen molar-refractivity contribution in [3.05, 3.63) is 83.9 Å². The highest BCUT2D eigenvalue weighted by Crippen LogP contribution is 2.43. The van der Waals surface area contributed by atoms with Crippen LogP contribution in [0.2, 0.25) is 0 Å². The van der Waals surface area contributed by atoms with Gasteiger partial charge >= 0.3 is 6.36 Å². The van der Waals surface area contributed by atoms with Crippen molar-refractivity contribution in [1.29, 1.82) is 0 Å². The monoisotopic (exact) mass is 572 g/mol. The van der Waals surface area contributed by atoms with Gasteiger partial charge in [0.15, 0.2) is 11.6 Å². The Morgan fingerprint density at radius 2 is 1.68 bits per heavy atom. The first-order valence-corrected chi connectivity index (χ1v) is 13.9. The molecule has 0 aromatic heterocycles. The number of anilines is 1. The van der Waals surface area contributed by atoms with Gasteiger partial charge in [0.25, 0.3) is 0 Å². The lowest BCUT2D eigenvalue weighted by Gasteiger charge is -2.44. The minimum atomic E-state index is -4.77. The van der Waals surface area contributed by atoms with Crippen LogP contribution in [0.4, 0.5) is 27.6 Å². The molecule has 0 spiro atoms. The van der Waals surface area contributed by atoms with Crippen LogP contribution in [0.15, 0.2) is 66.7 Å². The van der Waals surface area contributed by atoms with E-state index in [0.717, 1.165) is 61.7 Å². The molecule has 4 nitrogen and oxygen atoms in total. The van der Waals surface area contributed by atoms with Crippen LogP contribution < -0.4 is 10.1 Å². The normalized spacial score (nSPS) is 18.1. The zero-order valence-corrected chi connectivity index (χ0v) is 22.8.